The van der Waals surface area contributed by atoms with E-state index in [1.165, 1.54) is 0 Å². The van der Waals surface area contributed by atoms with Crippen molar-refractivity contribution in [3.05, 3.63) is 72.6 Å². The van der Waals surface area contributed by atoms with Crippen molar-refractivity contribution in [3.8, 4) is 17.2 Å². The summed E-state index contributed by atoms with van der Waals surface area (Å²) < 4.78 is 12.5. The van der Waals surface area contributed by atoms with Gasteiger partial charge in [-0.2, -0.15) is 0 Å². The number of amides is 1. The van der Waals surface area contributed by atoms with Crippen molar-refractivity contribution < 1.29 is 14.3 Å². The van der Waals surface area contributed by atoms with Gasteiger partial charge in [0.25, 0.3) is 0 Å². The van der Waals surface area contributed by atoms with E-state index in [0.717, 1.165) is 11.3 Å². The molecular weight excluding hydrogens is 316 g/mol. The number of anilines is 1. The molecule has 5 heteroatoms. The molecule has 1 amide bonds. The number of hydrogen-bond donors (Lipinski definition) is 1. The molecule has 0 saturated heterocycles. The number of rotatable bonds is 6. The molecule has 2 aromatic carbocycles. The first-order chi connectivity index (χ1) is 12.2. The first kappa shape index (κ1) is 16.6. The Balaban J connectivity index is 1.68. The third-order valence-electron chi connectivity index (χ3n) is 3.88. The van der Waals surface area contributed by atoms with Crippen molar-refractivity contribution in [1.29, 1.82) is 0 Å². The van der Waals surface area contributed by atoms with Gasteiger partial charge in [0.05, 0.1) is 26.3 Å². The average Bonchev–Trinajstić information content (AvgIpc) is 3.17. The van der Waals surface area contributed by atoms with Gasteiger partial charge in [-0.1, -0.05) is 12.1 Å². The van der Waals surface area contributed by atoms with Crippen LogP contribution in [0.25, 0.3) is 5.69 Å². The minimum atomic E-state index is -0.111. The van der Waals surface area contributed by atoms with Gasteiger partial charge < -0.3 is 19.4 Å². The van der Waals surface area contributed by atoms with Gasteiger partial charge >= 0.3 is 0 Å². The zero-order valence-corrected chi connectivity index (χ0v) is 14.2. The Morgan fingerprint density at radius 2 is 1.72 bits per heavy atom. The van der Waals surface area contributed by atoms with Crippen LogP contribution in [0.3, 0.4) is 0 Å². The monoisotopic (exact) mass is 336 g/mol. The second kappa shape index (κ2) is 7.57. The fourth-order valence-corrected chi connectivity index (χ4v) is 2.58. The number of hydrogen-bond acceptors (Lipinski definition) is 3. The zero-order chi connectivity index (χ0) is 17.6. The summed E-state index contributed by atoms with van der Waals surface area (Å²) in [6.07, 6.45) is 4.25. The van der Waals surface area contributed by atoms with Crippen LogP contribution >= 0.6 is 0 Å². The second-order valence-electron chi connectivity index (χ2n) is 5.55. The molecule has 1 heterocycles. The lowest BCUT2D eigenvalue weighted by Crippen LogP contribution is -2.15. The topological polar surface area (TPSA) is 52.5 Å². The molecular formula is C20H20N2O3. The molecule has 5 nitrogen and oxygen atoms in total. The quantitative estimate of drug-likeness (QED) is 0.747. The van der Waals surface area contributed by atoms with E-state index in [2.05, 4.69) is 5.32 Å². The highest BCUT2D eigenvalue weighted by Gasteiger charge is 2.10. The van der Waals surface area contributed by atoms with E-state index in [4.69, 9.17) is 9.47 Å². The number of benzene rings is 2. The maximum atomic E-state index is 12.4. The van der Waals surface area contributed by atoms with E-state index in [9.17, 15) is 4.79 Å². The Morgan fingerprint density at radius 3 is 2.36 bits per heavy atom. The van der Waals surface area contributed by atoms with Crippen LogP contribution in [0.1, 0.15) is 5.56 Å². The van der Waals surface area contributed by atoms with Crippen LogP contribution in [-0.4, -0.2) is 24.7 Å². The smallest absolute Gasteiger partial charge is 0.228 e. The summed E-state index contributed by atoms with van der Waals surface area (Å²) in [7, 11) is 3.15. The first-order valence-electron chi connectivity index (χ1n) is 7.94. The fourth-order valence-electron chi connectivity index (χ4n) is 2.58. The van der Waals surface area contributed by atoms with Crippen molar-refractivity contribution in [2.24, 2.45) is 0 Å². The van der Waals surface area contributed by atoms with Gasteiger partial charge in [0.2, 0.25) is 5.91 Å². The van der Waals surface area contributed by atoms with Crippen LogP contribution in [0, 0.1) is 0 Å². The summed E-state index contributed by atoms with van der Waals surface area (Å²) >= 11 is 0. The molecule has 0 aliphatic rings. The van der Waals surface area contributed by atoms with Crippen molar-refractivity contribution in [2.75, 3.05) is 19.5 Å². The Labute approximate surface area is 146 Å². The highest BCUT2D eigenvalue weighted by atomic mass is 16.5. The van der Waals surface area contributed by atoms with E-state index in [1.807, 2.05) is 53.4 Å². The van der Waals surface area contributed by atoms with Crippen LogP contribution in [-0.2, 0) is 11.2 Å². The van der Waals surface area contributed by atoms with E-state index >= 15 is 0 Å². The largest absolute Gasteiger partial charge is 0.497 e. The van der Waals surface area contributed by atoms with Gasteiger partial charge in [0.15, 0.2) is 0 Å². The van der Waals surface area contributed by atoms with Crippen molar-refractivity contribution in [3.63, 3.8) is 0 Å². The van der Waals surface area contributed by atoms with Crippen LogP contribution in [0.4, 0.5) is 5.69 Å². The molecule has 0 bridgehead atoms. The summed E-state index contributed by atoms with van der Waals surface area (Å²) in [4.78, 5) is 12.4. The molecule has 1 N–H and O–H groups in total. The van der Waals surface area contributed by atoms with Gasteiger partial charge in [-0.05, 0) is 42.0 Å². The minimum Gasteiger partial charge on any atom is -0.497 e. The summed E-state index contributed by atoms with van der Waals surface area (Å²) in [5, 5.41) is 2.88. The predicted octanol–water partition coefficient (Wildman–Crippen LogP) is 3.68. The number of nitrogens with zero attached hydrogens (tertiary/aromatic N) is 1. The molecule has 0 aliphatic carbocycles. The Bertz CT molecular complexity index is 840. The van der Waals surface area contributed by atoms with Crippen LogP contribution < -0.4 is 14.8 Å². The standard InChI is InChI=1S/C20H20N2O3/c1-24-17-9-10-19(25-2)18(14-17)21-20(23)13-15-5-7-16(8-6-15)22-11-3-4-12-22/h3-12,14H,13H2,1-2H3,(H,21,23). The Hall–Kier alpha value is -3.21. The predicted molar refractivity (Wildman–Crippen MR) is 97.6 cm³/mol. The number of carbonyl (C=O) groups is 1. The minimum absolute atomic E-state index is 0.111. The highest BCUT2D eigenvalue weighted by molar-refractivity contribution is 5.94. The number of methoxy groups -OCH3 is 2. The summed E-state index contributed by atoms with van der Waals surface area (Å²) in [6, 6.07) is 17.1. The Kier molecular flexibility index (Phi) is 5.04. The summed E-state index contributed by atoms with van der Waals surface area (Å²) in [5.41, 5.74) is 2.59. The number of ether oxygens (including phenoxy) is 2. The van der Waals surface area contributed by atoms with Gasteiger partial charge in [-0.15, -0.1) is 0 Å². The lowest BCUT2D eigenvalue weighted by molar-refractivity contribution is -0.115. The molecule has 3 aromatic rings. The molecule has 0 atom stereocenters. The maximum absolute atomic E-state index is 12.4. The van der Waals surface area contributed by atoms with Crippen LogP contribution in [0.5, 0.6) is 11.5 Å². The lowest BCUT2D eigenvalue weighted by Gasteiger charge is -2.12. The van der Waals surface area contributed by atoms with E-state index in [-0.39, 0.29) is 12.3 Å². The van der Waals surface area contributed by atoms with Crippen molar-refractivity contribution >= 4 is 11.6 Å². The average molecular weight is 336 g/mol. The van der Waals surface area contributed by atoms with Gasteiger partial charge in [-0.25, -0.2) is 0 Å². The lowest BCUT2D eigenvalue weighted by atomic mass is 10.1. The van der Waals surface area contributed by atoms with Gasteiger partial charge in [0, 0.05) is 24.1 Å². The van der Waals surface area contributed by atoms with Gasteiger partial charge in [0.1, 0.15) is 11.5 Å². The number of carbonyl (C=O) groups excluding carboxylic acids is 1. The maximum Gasteiger partial charge on any atom is 0.228 e. The highest BCUT2D eigenvalue weighted by Crippen LogP contribution is 2.29. The van der Waals surface area contributed by atoms with E-state index in [0.29, 0.717) is 17.2 Å². The number of nitrogens with one attached hydrogen (secondary N) is 1. The summed E-state index contributed by atoms with van der Waals surface area (Å²) in [5.74, 6) is 1.14. The molecule has 0 spiro atoms. The van der Waals surface area contributed by atoms with E-state index in [1.54, 1.807) is 32.4 Å². The second-order valence-corrected chi connectivity index (χ2v) is 5.55. The SMILES string of the molecule is COc1ccc(OC)c(NC(=O)Cc2ccc(-n3cccc3)cc2)c1. The molecule has 25 heavy (non-hydrogen) atoms. The molecule has 0 radical (unpaired) electrons. The van der Waals surface area contributed by atoms with Crippen molar-refractivity contribution in [2.45, 2.75) is 6.42 Å². The van der Waals surface area contributed by atoms with Crippen LogP contribution in [0.15, 0.2) is 67.0 Å². The zero-order valence-electron chi connectivity index (χ0n) is 14.2. The van der Waals surface area contributed by atoms with E-state index < -0.39 is 0 Å². The molecule has 0 aliphatic heterocycles. The molecule has 3 rings (SSSR count). The third-order valence-corrected chi connectivity index (χ3v) is 3.88. The number of aromatic nitrogens is 1. The fraction of sp³-hybridized carbons (Fsp3) is 0.150. The van der Waals surface area contributed by atoms with Gasteiger partial charge in [-0.3, -0.25) is 4.79 Å². The van der Waals surface area contributed by atoms with Crippen molar-refractivity contribution in [1.82, 2.24) is 4.57 Å². The molecule has 0 fully saturated rings. The third kappa shape index (κ3) is 4.01. The molecule has 1 aromatic heterocycles. The molecule has 0 saturated carbocycles. The Morgan fingerprint density at radius 1 is 1.00 bits per heavy atom. The summed E-state index contributed by atoms with van der Waals surface area (Å²) in [6.45, 7) is 0. The molecule has 0 unspecified atom stereocenters. The normalized spacial score (nSPS) is 10.3. The first-order valence-corrected chi connectivity index (χ1v) is 7.94. The molecule has 128 valence electrons. The van der Waals surface area contributed by atoms with Crippen LogP contribution in [0.2, 0.25) is 0 Å².